The summed E-state index contributed by atoms with van der Waals surface area (Å²) in [6.45, 7) is 9.53. The molecule has 0 rings (SSSR count). The van der Waals surface area contributed by atoms with Crippen LogP contribution in [0.3, 0.4) is 0 Å². The molecule has 0 aromatic rings. The first-order valence-electron chi connectivity index (χ1n) is 38.0. The van der Waals surface area contributed by atoms with Gasteiger partial charge in [0.05, 0.1) is 26.4 Å². The van der Waals surface area contributed by atoms with Crippen LogP contribution in [0.2, 0.25) is 0 Å². The average Bonchev–Trinajstić information content (AvgIpc) is 1.46. The quantitative estimate of drug-likeness (QED) is 0.0222. The van der Waals surface area contributed by atoms with E-state index in [1.165, 1.54) is 180 Å². The number of aliphatic hydroxyl groups is 1. The smallest absolute Gasteiger partial charge is 0.462 e. The van der Waals surface area contributed by atoms with Crippen molar-refractivity contribution in [1.82, 2.24) is 0 Å². The maximum Gasteiger partial charge on any atom is 0.472 e. The minimum Gasteiger partial charge on any atom is -0.462 e. The summed E-state index contributed by atoms with van der Waals surface area (Å²) < 4.78 is 68.3. The van der Waals surface area contributed by atoms with E-state index < -0.39 is 97.5 Å². The normalized spacial score (nSPS) is 14.4. The second kappa shape index (κ2) is 65.0. The van der Waals surface area contributed by atoms with E-state index >= 15 is 0 Å². The average molecular weight is 1350 g/mol. The van der Waals surface area contributed by atoms with Gasteiger partial charge >= 0.3 is 39.5 Å². The van der Waals surface area contributed by atoms with Gasteiger partial charge < -0.3 is 33.8 Å². The number of phosphoric ester groups is 2. The highest BCUT2D eigenvalue weighted by Gasteiger charge is 2.30. The van der Waals surface area contributed by atoms with Crippen LogP contribution in [0.15, 0.2) is 0 Å². The van der Waals surface area contributed by atoms with Gasteiger partial charge in [-0.1, -0.05) is 324 Å². The highest BCUT2D eigenvalue weighted by Crippen LogP contribution is 2.45. The molecular weight excluding hydrogens is 1210 g/mol. The van der Waals surface area contributed by atoms with Crippen LogP contribution in [0.4, 0.5) is 0 Å². The Morgan fingerprint density at radius 2 is 0.554 bits per heavy atom. The molecule has 6 atom stereocenters. The SMILES string of the molecule is CCCCCCCCCCCCCCCCCCCCCC(=O)O[C@H](COC(=O)CCCCCCCCCCCCC(C)CC)COP(=O)(O)OC[C@@H](O)COP(=O)(O)OC[C@@H](COC(=O)CCCCCCCCC)OC(=O)CCCCCCCCCCCC(C)C. The largest absolute Gasteiger partial charge is 0.472 e. The van der Waals surface area contributed by atoms with Crippen molar-refractivity contribution in [3.63, 3.8) is 0 Å². The fourth-order valence-corrected chi connectivity index (χ4v) is 12.7. The molecule has 0 amide bonds. The number of ether oxygens (including phenoxy) is 4. The standard InChI is InChI=1S/C73H142O17P2/c1-7-10-12-14-16-17-18-19-20-21-22-23-24-25-26-33-39-45-51-57-72(77)90-69(62-84-71(76)56-50-44-38-32-28-27-31-37-42-48-54-66(6)9-3)64-88-92(81,82)86-60-67(74)59-85-91(79,80)87-63-68(61-83-70(75)55-49-43-35-15-13-11-8-2)89-73(78)58-52-46-40-34-29-30-36-41-47-53-65(4)5/h65-69,74H,7-64H2,1-6H3,(H,79,80)(H,81,82)/t66?,67-,68+,69+/m0/s1. The zero-order valence-electron chi connectivity index (χ0n) is 59.9. The number of unbranched alkanes of at least 4 members (excludes halogenated alkanes) is 41. The van der Waals surface area contributed by atoms with Gasteiger partial charge in [0.2, 0.25) is 0 Å². The lowest BCUT2D eigenvalue weighted by atomic mass is 9.99. The van der Waals surface area contributed by atoms with Gasteiger partial charge in [-0.05, 0) is 37.5 Å². The third kappa shape index (κ3) is 65.4. The molecule has 0 spiro atoms. The summed E-state index contributed by atoms with van der Waals surface area (Å²) in [6, 6.07) is 0. The Morgan fingerprint density at radius 3 is 0.826 bits per heavy atom. The molecule has 3 unspecified atom stereocenters. The van der Waals surface area contributed by atoms with Gasteiger partial charge in [-0.2, -0.15) is 0 Å². The van der Waals surface area contributed by atoms with Gasteiger partial charge in [0.1, 0.15) is 19.3 Å². The molecule has 17 nitrogen and oxygen atoms in total. The lowest BCUT2D eigenvalue weighted by Crippen LogP contribution is -2.30. The molecule has 19 heteroatoms. The summed E-state index contributed by atoms with van der Waals surface area (Å²) in [5, 5.41) is 10.6. The van der Waals surface area contributed by atoms with E-state index in [0.29, 0.717) is 25.7 Å². The number of hydrogen-bond donors (Lipinski definition) is 3. The summed E-state index contributed by atoms with van der Waals surface area (Å²) in [4.78, 5) is 72.5. The lowest BCUT2D eigenvalue weighted by molar-refractivity contribution is -0.161. The van der Waals surface area contributed by atoms with E-state index in [1.807, 2.05) is 0 Å². The number of aliphatic hydroxyl groups excluding tert-OH is 1. The van der Waals surface area contributed by atoms with E-state index in [2.05, 4.69) is 41.5 Å². The summed E-state index contributed by atoms with van der Waals surface area (Å²) in [7, 11) is -9.90. The van der Waals surface area contributed by atoms with Gasteiger partial charge in [0.25, 0.3) is 0 Å². The molecule has 546 valence electrons. The highest BCUT2D eigenvalue weighted by molar-refractivity contribution is 7.47. The fourth-order valence-electron chi connectivity index (χ4n) is 11.1. The van der Waals surface area contributed by atoms with Crippen molar-refractivity contribution >= 4 is 39.5 Å². The minimum absolute atomic E-state index is 0.105. The van der Waals surface area contributed by atoms with E-state index in [4.69, 9.17) is 37.0 Å². The van der Waals surface area contributed by atoms with Crippen LogP contribution in [-0.2, 0) is 65.4 Å². The van der Waals surface area contributed by atoms with Crippen molar-refractivity contribution in [2.45, 2.75) is 394 Å². The Bertz CT molecular complexity index is 1790. The minimum atomic E-state index is -4.95. The number of esters is 4. The van der Waals surface area contributed by atoms with E-state index in [1.54, 1.807) is 0 Å². The van der Waals surface area contributed by atoms with E-state index in [0.717, 1.165) is 115 Å². The van der Waals surface area contributed by atoms with E-state index in [-0.39, 0.29) is 25.7 Å². The van der Waals surface area contributed by atoms with Crippen molar-refractivity contribution in [2.75, 3.05) is 39.6 Å². The Balaban J connectivity index is 5.19. The Hall–Kier alpha value is -1.94. The first-order chi connectivity index (χ1) is 44.4. The number of rotatable bonds is 72. The molecule has 0 fully saturated rings. The molecule has 0 aliphatic heterocycles. The number of carbonyl (C=O) groups excluding carboxylic acids is 4. The second-order valence-electron chi connectivity index (χ2n) is 27.1. The topological polar surface area (TPSA) is 237 Å². The zero-order valence-corrected chi connectivity index (χ0v) is 61.6. The molecule has 0 saturated carbocycles. The van der Waals surface area contributed by atoms with Crippen molar-refractivity contribution in [3.8, 4) is 0 Å². The van der Waals surface area contributed by atoms with Crippen LogP contribution < -0.4 is 0 Å². The predicted octanol–water partition coefficient (Wildman–Crippen LogP) is 21.2. The second-order valence-corrected chi connectivity index (χ2v) is 30.0. The molecule has 0 bridgehead atoms. The predicted molar refractivity (Wildman–Crippen MR) is 372 cm³/mol. The Labute approximate surface area is 562 Å². The van der Waals surface area contributed by atoms with Crippen molar-refractivity contribution in [1.29, 1.82) is 0 Å². The molecule has 3 N–H and O–H groups in total. The Morgan fingerprint density at radius 1 is 0.315 bits per heavy atom. The summed E-state index contributed by atoms with van der Waals surface area (Å²) >= 11 is 0. The summed E-state index contributed by atoms with van der Waals surface area (Å²) in [5.74, 6) is -0.579. The fraction of sp³-hybridized carbons (Fsp3) is 0.945. The van der Waals surface area contributed by atoms with Crippen LogP contribution in [-0.4, -0.2) is 96.7 Å². The molecule has 0 saturated heterocycles. The van der Waals surface area contributed by atoms with Gasteiger partial charge in [-0.15, -0.1) is 0 Å². The van der Waals surface area contributed by atoms with Crippen LogP contribution in [0, 0.1) is 11.8 Å². The summed E-state index contributed by atoms with van der Waals surface area (Å²) in [6.07, 6.45) is 51.5. The molecule has 0 aliphatic rings. The number of hydrogen-bond acceptors (Lipinski definition) is 15. The number of phosphoric acid groups is 2. The van der Waals surface area contributed by atoms with Crippen LogP contribution in [0.25, 0.3) is 0 Å². The van der Waals surface area contributed by atoms with Gasteiger partial charge in [-0.25, -0.2) is 9.13 Å². The highest BCUT2D eigenvalue weighted by atomic mass is 31.2. The van der Waals surface area contributed by atoms with Crippen molar-refractivity contribution < 1.29 is 80.2 Å². The lowest BCUT2D eigenvalue weighted by Gasteiger charge is -2.21. The van der Waals surface area contributed by atoms with Gasteiger partial charge in [-0.3, -0.25) is 37.3 Å². The maximum absolute atomic E-state index is 13.1. The molecule has 0 radical (unpaired) electrons. The molecule has 92 heavy (non-hydrogen) atoms. The first-order valence-corrected chi connectivity index (χ1v) is 41.0. The molecule has 0 aromatic heterocycles. The molecule has 0 aliphatic carbocycles. The van der Waals surface area contributed by atoms with Crippen LogP contribution in [0.5, 0.6) is 0 Å². The van der Waals surface area contributed by atoms with Crippen LogP contribution in [0.1, 0.15) is 375 Å². The molecule has 0 heterocycles. The number of carbonyl (C=O) groups is 4. The van der Waals surface area contributed by atoms with E-state index in [9.17, 15) is 43.2 Å². The third-order valence-corrected chi connectivity index (χ3v) is 19.2. The first kappa shape index (κ1) is 90.1. The molecule has 0 aromatic carbocycles. The monoisotopic (exact) mass is 1350 g/mol. The Kier molecular flexibility index (Phi) is 63.7. The van der Waals surface area contributed by atoms with Crippen LogP contribution >= 0.6 is 15.6 Å². The third-order valence-electron chi connectivity index (χ3n) is 17.3. The zero-order chi connectivity index (χ0) is 67.9. The summed E-state index contributed by atoms with van der Waals surface area (Å²) in [5.41, 5.74) is 0. The van der Waals surface area contributed by atoms with Crippen molar-refractivity contribution in [2.24, 2.45) is 11.8 Å². The molecular formula is C73H142O17P2. The van der Waals surface area contributed by atoms with Gasteiger partial charge in [0, 0.05) is 25.7 Å². The van der Waals surface area contributed by atoms with Crippen molar-refractivity contribution in [3.05, 3.63) is 0 Å². The maximum atomic E-state index is 13.1. The van der Waals surface area contributed by atoms with Gasteiger partial charge in [0.15, 0.2) is 12.2 Å².